The van der Waals surface area contributed by atoms with Crippen molar-refractivity contribution >= 4 is 23.3 Å². The lowest BCUT2D eigenvalue weighted by Gasteiger charge is -2.43. The number of nitrogens with zero attached hydrogens (tertiary/aromatic N) is 2. The summed E-state index contributed by atoms with van der Waals surface area (Å²) in [5.74, 6) is -1.40. The Balaban J connectivity index is 1.17. The van der Waals surface area contributed by atoms with Crippen LogP contribution in [0.25, 0.3) is 5.57 Å². The van der Waals surface area contributed by atoms with E-state index in [0.717, 1.165) is 28.8 Å². The number of hydrogen-bond acceptors (Lipinski definition) is 8. The average molecular weight is 603 g/mol. The lowest BCUT2D eigenvalue weighted by atomic mass is 9.89. The zero-order valence-corrected chi connectivity index (χ0v) is 23.2. The fourth-order valence-electron chi connectivity index (χ4n) is 5.06. The van der Waals surface area contributed by atoms with Crippen molar-refractivity contribution in [3.8, 4) is 11.5 Å². The number of amides is 1. The van der Waals surface area contributed by atoms with Crippen LogP contribution < -0.4 is 9.47 Å². The maximum absolute atomic E-state index is 13.9. The summed E-state index contributed by atoms with van der Waals surface area (Å²) in [5.41, 5.74) is 3.80. The van der Waals surface area contributed by atoms with Crippen molar-refractivity contribution in [2.24, 2.45) is 0 Å². The van der Waals surface area contributed by atoms with Gasteiger partial charge in [-0.15, -0.1) is 0 Å². The molecule has 2 unspecified atom stereocenters. The molecule has 12 heteroatoms. The average Bonchev–Trinajstić information content (AvgIpc) is 2.97. The molecule has 1 fully saturated rings. The van der Waals surface area contributed by atoms with Crippen LogP contribution in [0.15, 0.2) is 66.7 Å². The SMILES string of the molecule is O=C(Oc1cccc(CON(O)O)c1)N1C2C=C(c3ccc(CCCOc4c(F)ccc(F)c4Cl)cc3)CC1COC2. The van der Waals surface area contributed by atoms with Gasteiger partial charge >= 0.3 is 6.09 Å². The Labute approximate surface area is 245 Å². The topological polar surface area (TPSA) is 101 Å². The molecule has 1 saturated heterocycles. The first-order valence-electron chi connectivity index (χ1n) is 13.3. The van der Waals surface area contributed by atoms with E-state index in [1.807, 2.05) is 30.3 Å². The number of rotatable bonds is 10. The van der Waals surface area contributed by atoms with E-state index in [0.29, 0.717) is 43.8 Å². The Bertz CT molecular complexity index is 1440. The van der Waals surface area contributed by atoms with Gasteiger partial charge < -0.3 is 14.2 Å². The molecular weight excluding hydrogens is 574 g/mol. The predicted octanol–water partition coefficient (Wildman–Crippen LogP) is 6.20. The van der Waals surface area contributed by atoms with Crippen molar-refractivity contribution in [1.82, 2.24) is 10.3 Å². The van der Waals surface area contributed by atoms with Gasteiger partial charge in [0.15, 0.2) is 11.6 Å². The zero-order valence-electron chi connectivity index (χ0n) is 22.4. The standard InChI is InChI=1S/C30H29ClF2N2O7/c31-28-26(32)10-11-27(33)29(28)40-12-2-4-19-6-8-21(9-7-19)22-14-23-17-39-18-24(15-22)34(23)30(36)42-25-5-1-3-20(13-25)16-41-35(37)38/h1,3,5-11,13-14,23-24,37-38H,2,4,12,15-18H2. The van der Waals surface area contributed by atoms with E-state index < -0.39 is 17.7 Å². The van der Waals surface area contributed by atoms with Gasteiger partial charge in [-0.25, -0.2) is 18.4 Å². The summed E-state index contributed by atoms with van der Waals surface area (Å²) >= 11 is 5.81. The fraction of sp³-hybridized carbons (Fsp3) is 0.300. The second kappa shape index (κ2) is 13.6. The first-order valence-corrected chi connectivity index (χ1v) is 13.7. The minimum Gasteiger partial charge on any atom is -0.489 e. The monoisotopic (exact) mass is 602 g/mol. The normalized spacial score (nSPS) is 18.1. The van der Waals surface area contributed by atoms with Gasteiger partial charge in [-0.3, -0.25) is 15.3 Å². The number of hydrogen-bond donors (Lipinski definition) is 2. The van der Waals surface area contributed by atoms with Crippen molar-refractivity contribution < 1.29 is 43.0 Å². The highest BCUT2D eigenvalue weighted by Gasteiger charge is 2.39. The Morgan fingerprint density at radius 1 is 1.05 bits per heavy atom. The Morgan fingerprint density at radius 2 is 1.83 bits per heavy atom. The highest BCUT2D eigenvalue weighted by atomic mass is 35.5. The van der Waals surface area contributed by atoms with Crippen LogP contribution in [-0.4, -0.2) is 58.7 Å². The molecule has 9 nitrogen and oxygen atoms in total. The molecule has 42 heavy (non-hydrogen) atoms. The molecule has 2 atom stereocenters. The van der Waals surface area contributed by atoms with Crippen LogP contribution in [0.1, 0.15) is 29.5 Å². The quantitative estimate of drug-likeness (QED) is 0.161. The zero-order chi connectivity index (χ0) is 29.6. The van der Waals surface area contributed by atoms with Gasteiger partial charge in [0.05, 0.1) is 43.9 Å². The van der Waals surface area contributed by atoms with E-state index >= 15 is 0 Å². The van der Waals surface area contributed by atoms with Crippen molar-refractivity contribution in [1.29, 1.82) is 0 Å². The van der Waals surface area contributed by atoms with Gasteiger partial charge in [-0.05, 0) is 65.8 Å². The van der Waals surface area contributed by atoms with Gasteiger partial charge in [0.25, 0.3) is 0 Å². The number of fused-ring (bicyclic) bond motifs is 2. The largest absolute Gasteiger partial charge is 0.489 e. The van der Waals surface area contributed by atoms with Crippen LogP contribution in [0.4, 0.5) is 13.6 Å². The van der Waals surface area contributed by atoms with E-state index in [-0.39, 0.29) is 41.5 Å². The smallest absolute Gasteiger partial charge is 0.416 e. The highest BCUT2D eigenvalue weighted by Crippen LogP contribution is 2.34. The summed E-state index contributed by atoms with van der Waals surface area (Å²) < 4.78 is 44.2. The molecule has 5 rings (SSSR count). The molecule has 2 N–H and O–H groups in total. The van der Waals surface area contributed by atoms with E-state index in [2.05, 4.69) is 4.84 Å². The minimum absolute atomic E-state index is 0.121. The molecule has 2 aliphatic rings. The van der Waals surface area contributed by atoms with Crippen molar-refractivity contribution in [2.45, 2.75) is 38.0 Å². The molecule has 0 radical (unpaired) electrons. The Morgan fingerprint density at radius 3 is 2.60 bits per heavy atom. The lowest BCUT2D eigenvalue weighted by Crippen LogP contribution is -2.57. The van der Waals surface area contributed by atoms with E-state index in [1.165, 1.54) is 0 Å². The van der Waals surface area contributed by atoms with E-state index in [4.69, 9.17) is 36.2 Å². The number of halogens is 3. The molecule has 3 aromatic rings. The number of ether oxygens (including phenoxy) is 3. The minimum atomic E-state index is -0.729. The van der Waals surface area contributed by atoms with Gasteiger partial charge in [-0.2, -0.15) is 0 Å². The summed E-state index contributed by atoms with van der Waals surface area (Å²) in [7, 11) is 0. The van der Waals surface area contributed by atoms with Crippen LogP contribution in [0.5, 0.6) is 11.5 Å². The van der Waals surface area contributed by atoms with Gasteiger partial charge in [0.1, 0.15) is 16.6 Å². The number of benzene rings is 3. The summed E-state index contributed by atoms with van der Waals surface area (Å²) in [5, 5.41) is 16.7. The predicted molar refractivity (Wildman–Crippen MR) is 147 cm³/mol. The number of carbonyl (C=O) groups is 1. The van der Waals surface area contributed by atoms with Crippen LogP contribution >= 0.6 is 11.6 Å². The van der Waals surface area contributed by atoms with Gasteiger partial charge in [0, 0.05) is 0 Å². The van der Waals surface area contributed by atoms with Crippen LogP contribution in [0.3, 0.4) is 0 Å². The highest BCUT2D eigenvalue weighted by molar-refractivity contribution is 6.32. The molecule has 0 aromatic heterocycles. The van der Waals surface area contributed by atoms with Crippen molar-refractivity contribution in [2.75, 3.05) is 19.8 Å². The molecule has 0 spiro atoms. The second-order valence-electron chi connectivity index (χ2n) is 9.92. The Kier molecular flexibility index (Phi) is 9.68. The summed E-state index contributed by atoms with van der Waals surface area (Å²) in [6.45, 7) is 0.793. The summed E-state index contributed by atoms with van der Waals surface area (Å²) in [4.78, 5) is 19.5. The molecule has 2 aliphatic heterocycles. The van der Waals surface area contributed by atoms with Crippen molar-refractivity contribution in [3.63, 3.8) is 0 Å². The van der Waals surface area contributed by atoms with Crippen molar-refractivity contribution in [3.05, 3.63) is 100 Å². The molecule has 0 aliphatic carbocycles. The van der Waals surface area contributed by atoms with Gasteiger partial charge in [-0.1, -0.05) is 54.1 Å². The molecular formula is C30H29ClF2N2O7. The number of morpholine rings is 1. The Hall–Kier alpha value is -3.58. The molecule has 3 aromatic carbocycles. The third-order valence-corrected chi connectivity index (χ3v) is 7.39. The maximum atomic E-state index is 13.9. The lowest BCUT2D eigenvalue weighted by molar-refractivity contribution is -0.497. The van der Waals surface area contributed by atoms with Crippen LogP contribution in [0.2, 0.25) is 5.02 Å². The first kappa shape index (κ1) is 29.9. The maximum Gasteiger partial charge on any atom is 0.416 e. The van der Waals surface area contributed by atoms with E-state index in [9.17, 15) is 13.6 Å². The van der Waals surface area contributed by atoms with Crippen LogP contribution in [-0.2, 0) is 22.6 Å². The second-order valence-corrected chi connectivity index (χ2v) is 10.3. The molecule has 2 bridgehead atoms. The van der Waals surface area contributed by atoms with Gasteiger partial charge in [0.2, 0.25) is 0 Å². The molecule has 222 valence electrons. The molecule has 2 heterocycles. The number of carbonyl (C=O) groups excluding carboxylic acids is 1. The van der Waals surface area contributed by atoms with Crippen LogP contribution in [0, 0.1) is 11.6 Å². The third-order valence-electron chi connectivity index (χ3n) is 7.04. The molecule has 1 amide bonds. The third kappa shape index (κ3) is 7.24. The molecule has 0 saturated carbocycles. The van der Waals surface area contributed by atoms with E-state index in [1.54, 1.807) is 29.2 Å². The number of aryl methyl sites for hydroxylation is 1. The summed E-state index contributed by atoms with van der Waals surface area (Å²) in [6.07, 6.45) is 3.39. The summed E-state index contributed by atoms with van der Waals surface area (Å²) in [6, 6.07) is 16.1. The first-order chi connectivity index (χ1) is 20.3. The fourth-order valence-corrected chi connectivity index (χ4v) is 5.26.